The van der Waals surface area contributed by atoms with Crippen molar-refractivity contribution in [3.05, 3.63) is 23.8 Å². The summed E-state index contributed by atoms with van der Waals surface area (Å²) in [5.74, 6) is 0.674. The molecule has 0 aromatic heterocycles. The lowest BCUT2D eigenvalue weighted by Gasteiger charge is -2.25. The molecule has 1 aromatic carbocycles. The fourth-order valence-electron chi connectivity index (χ4n) is 3.14. The van der Waals surface area contributed by atoms with Gasteiger partial charge in [0.1, 0.15) is 0 Å². The molecule has 0 bridgehead atoms. The SMILES string of the molecule is CNCC1CCCN1C(=O)c1ccc(OCC(=O)NC(C)C)c(OC)c1. The van der Waals surface area contributed by atoms with Crippen molar-refractivity contribution >= 4 is 11.8 Å². The second-order valence-electron chi connectivity index (χ2n) is 6.73. The molecule has 2 N–H and O–H groups in total. The second-order valence-corrected chi connectivity index (χ2v) is 6.73. The number of carbonyl (C=O) groups is 2. The van der Waals surface area contributed by atoms with E-state index >= 15 is 0 Å². The van der Waals surface area contributed by atoms with Crippen molar-refractivity contribution in [2.24, 2.45) is 0 Å². The van der Waals surface area contributed by atoms with Crippen molar-refractivity contribution in [2.45, 2.75) is 38.8 Å². The molecule has 1 unspecified atom stereocenters. The average molecular weight is 363 g/mol. The molecule has 1 aliphatic heterocycles. The van der Waals surface area contributed by atoms with Crippen molar-refractivity contribution in [3.63, 3.8) is 0 Å². The van der Waals surface area contributed by atoms with Gasteiger partial charge in [0.25, 0.3) is 11.8 Å². The Labute approximate surface area is 155 Å². The lowest BCUT2D eigenvalue weighted by molar-refractivity contribution is -0.123. The molecule has 1 saturated heterocycles. The Morgan fingerprint density at radius 3 is 2.73 bits per heavy atom. The summed E-state index contributed by atoms with van der Waals surface area (Å²) >= 11 is 0. The van der Waals surface area contributed by atoms with Gasteiger partial charge in [0.15, 0.2) is 18.1 Å². The zero-order valence-corrected chi connectivity index (χ0v) is 16.0. The molecular formula is C19H29N3O4. The molecule has 2 rings (SSSR count). The predicted octanol–water partition coefficient (Wildman–Crippen LogP) is 1.42. The molecule has 144 valence electrons. The highest BCUT2D eigenvalue weighted by Crippen LogP contribution is 2.29. The van der Waals surface area contributed by atoms with Crippen LogP contribution in [0, 0.1) is 0 Å². The third-order valence-corrected chi connectivity index (χ3v) is 4.30. The van der Waals surface area contributed by atoms with Crippen LogP contribution in [0.1, 0.15) is 37.0 Å². The summed E-state index contributed by atoms with van der Waals surface area (Å²) in [5.41, 5.74) is 0.559. The predicted molar refractivity (Wildman–Crippen MR) is 99.8 cm³/mol. The fourth-order valence-corrected chi connectivity index (χ4v) is 3.14. The minimum atomic E-state index is -0.200. The van der Waals surface area contributed by atoms with Crippen LogP contribution < -0.4 is 20.1 Å². The van der Waals surface area contributed by atoms with Gasteiger partial charge < -0.3 is 25.0 Å². The Bertz CT molecular complexity index is 633. The highest BCUT2D eigenvalue weighted by Gasteiger charge is 2.29. The number of benzene rings is 1. The summed E-state index contributed by atoms with van der Waals surface area (Å²) in [5, 5.41) is 5.90. The first-order valence-electron chi connectivity index (χ1n) is 9.02. The number of rotatable bonds is 8. The molecular weight excluding hydrogens is 334 g/mol. The van der Waals surface area contributed by atoms with Crippen molar-refractivity contribution in [2.75, 3.05) is 33.9 Å². The van der Waals surface area contributed by atoms with Gasteiger partial charge in [-0.05, 0) is 51.9 Å². The first kappa shape index (κ1) is 20.0. The van der Waals surface area contributed by atoms with Gasteiger partial charge in [-0.2, -0.15) is 0 Å². The largest absolute Gasteiger partial charge is 0.493 e. The molecule has 0 radical (unpaired) electrons. The molecule has 1 fully saturated rings. The Morgan fingerprint density at radius 2 is 2.08 bits per heavy atom. The van der Waals surface area contributed by atoms with Crippen LogP contribution in [0.3, 0.4) is 0 Å². The van der Waals surface area contributed by atoms with E-state index in [1.807, 2.05) is 25.8 Å². The van der Waals surface area contributed by atoms with Gasteiger partial charge in [0.05, 0.1) is 7.11 Å². The Kier molecular flexibility index (Phi) is 7.26. The van der Waals surface area contributed by atoms with Crippen LogP contribution >= 0.6 is 0 Å². The molecule has 2 amide bonds. The Morgan fingerprint density at radius 1 is 1.31 bits per heavy atom. The van der Waals surface area contributed by atoms with Crippen molar-refractivity contribution in [1.29, 1.82) is 0 Å². The lowest BCUT2D eigenvalue weighted by atomic mass is 10.1. The number of likely N-dealkylation sites (N-methyl/N-ethyl adjacent to an activating group) is 1. The second kappa shape index (κ2) is 9.43. The van der Waals surface area contributed by atoms with Crippen LogP contribution in [0.15, 0.2) is 18.2 Å². The van der Waals surface area contributed by atoms with Crippen LogP contribution in [0.25, 0.3) is 0 Å². The maximum atomic E-state index is 12.8. The molecule has 1 heterocycles. The van der Waals surface area contributed by atoms with E-state index in [-0.39, 0.29) is 30.5 Å². The average Bonchev–Trinajstić information content (AvgIpc) is 3.07. The van der Waals surface area contributed by atoms with Crippen LogP contribution in [0.5, 0.6) is 11.5 Å². The van der Waals surface area contributed by atoms with E-state index in [9.17, 15) is 9.59 Å². The quantitative estimate of drug-likeness (QED) is 0.730. The zero-order chi connectivity index (χ0) is 19.1. The van der Waals surface area contributed by atoms with Gasteiger partial charge in [-0.3, -0.25) is 9.59 Å². The van der Waals surface area contributed by atoms with Gasteiger partial charge in [0.2, 0.25) is 0 Å². The van der Waals surface area contributed by atoms with E-state index in [0.717, 1.165) is 25.9 Å². The van der Waals surface area contributed by atoms with E-state index in [0.29, 0.717) is 17.1 Å². The first-order valence-corrected chi connectivity index (χ1v) is 9.02. The molecule has 0 spiro atoms. The number of hydrogen-bond acceptors (Lipinski definition) is 5. The van der Waals surface area contributed by atoms with E-state index in [1.54, 1.807) is 18.2 Å². The number of carbonyl (C=O) groups excluding carboxylic acids is 2. The standard InChI is InChI=1S/C19H29N3O4/c1-13(2)21-18(23)12-26-16-8-7-14(10-17(16)25-4)19(24)22-9-5-6-15(22)11-20-3/h7-8,10,13,15,20H,5-6,9,11-12H2,1-4H3,(H,21,23). The molecule has 1 aromatic rings. The molecule has 1 aliphatic rings. The van der Waals surface area contributed by atoms with E-state index in [2.05, 4.69) is 10.6 Å². The number of likely N-dealkylation sites (tertiary alicyclic amines) is 1. The van der Waals surface area contributed by atoms with Crippen molar-refractivity contribution in [3.8, 4) is 11.5 Å². The number of methoxy groups -OCH3 is 1. The van der Waals surface area contributed by atoms with E-state index < -0.39 is 0 Å². The first-order chi connectivity index (χ1) is 12.5. The minimum absolute atomic E-state index is 0.00912. The Hall–Kier alpha value is -2.28. The summed E-state index contributed by atoms with van der Waals surface area (Å²) < 4.78 is 10.9. The smallest absolute Gasteiger partial charge is 0.258 e. The molecule has 7 heteroatoms. The topological polar surface area (TPSA) is 79.9 Å². The van der Waals surface area contributed by atoms with Gasteiger partial charge in [-0.1, -0.05) is 0 Å². The molecule has 1 atom stereocenters. The number of amides is 2. The van der Waals surface area contributed by atoms with Crippen LogP contribution in [-0.2, 0) is 4.79 Å². The van der Waals surface area contributed by atoms with E-state index in [1.165, 1.54) is 7.11 Å². The van der Waals surface area contributed by atoms with Gasteiger partial charge >= 0.3 is 0 Å². The summed E-state index contributed by atoms with van der Waals surface area (Å²) in [7, 11) is 3.41. The van der Waals surface area contributed by atoms with Gasteiger partial charge in [-0.25, -0.2) is 0 Å². The van der Waals surface area contributed by atoms with Gasteiger partial charge in [0, 0.05) is 30.7 Å². The normalized spacial score (nSPS) is 16.7. The summed E-state index contributed by atoms with van der Waals surface area (Å²) in [6.45, 7) is 5.23. The summed E-state index contributed by atoms with van der Waals surface area (Å²) in [4.78, 5) is 26.5. The fraction of sp³-hybridized carbons (Fsp3) is 0.579. The Balaban J connectivity index is 2.07. The summed E-state index contributed by atoms with van der Waals surface area (Å²) in [6.07, 6.45) is 2.03. The zero-order valence-electron chi connectivity index (χ0n) is 16.0. The van der Waals surface area contributed by atoms with Crippen molar-refractivity contribution < 1.29 is 19.1 Å². The van der Waals surface area contributed by atoms with Crippen molar-refractivity contribution in [1.82, 2.24) is 15.5 Å². The number of nitrogens with zero attached hydrogens (tertiary/aromatic N) is 1. The number of hydrogen-bond donors (Lipinski definition) is 2. The maximum absolute atomic E-state index is 12.8. The third kappa shape index (κ3) is 5.11. The molecule has 7 nitrogen and oxygen atoms in total. The molecule has 0 aliphatic carbocycles. The third-order valence-electron chi connectivity index (χ3n) is 4.30. The summed E-state index contributed by atoms with van der Waals surface area (Å²) in [6, 6.07) is 5.34. The number of ether oxygens (including phenoxy) is 2. The van der Waals surface area contributed by atoms with Crippen LogP contribution in [-0.4, -0.2) is 62.7 Å². The van der Waals surface area contributed by atoms with Gasteiger partial charge in [-0.15, -0.1) is 0 Å². The highest BCUT2D eigenvalue weighted by molar-refractivity contribution is 5.95. The van der Waals surface area contributed by atoms with Crippen LogP contribution in [0.4, 0.5) is 0 Å². The molecule has 0 saturated carbocycles. The lowest BCUT2D eigenvalue weighted by Crippen LogP contribution is -2.40. The number of nitrogens with one attached hydrogen (secondary N) is 2. The maximum Gasteiger partial charge on any atom is 0.258 e. The monoisotopic (exact) mass is 363 g/mol. The molecule has 26 heavy (non-hydrogen) atoms. The van der Waals surface area contributed by atoms with Crippen LogP contribution in [0.2, 0.25) is 0 Å². The highest BCUT2D eigenvalue weighted by atomic mass is 16.5. The van der Waals surface area contributed by atoms with E-state index in [4.69, 9.17) is 9.47 Å². The minimum Gasteiger partial charge on any atom is -0.493 e.